The predicted molar refractivity (Wildman–Crippen MR) is 53.8 cm³/mol. The third kappa shape index (κ3) is 1.57. The highest BCUT2D eigenvalue weighted by atomic mass is 16.5. The van der Waals surface area contributed by atoms with Crippen LogP contribution in [0.15, 0.2) is 23.2 Å². The second kappa shape index (κ2) is 3.21. The van der Waals surface area contributed by atoms with Crippen molar-refractivity contribution in [3.8, 4) is 5.75 Å². The topological polar surface area (TPSA) is 21.6 Å². The van der Waals surface area contributed by atoms with Crippen molar-refractivity contribution in [3.63, 3.8) is 0 Å². The fourth-order valence-corrected chi connectivity index (χ4v) is 1.58. The second-order valence-corrected chi connectivity index (χ2v) is 3.40. The molecule has 0 saturated heterocycles. The maximum absolute atomic E-state index is 5.15. The monoisotopic (exact) mass is 175 g/mol. The van der Waals surface area contributed by atoms with Gasteiger partial charge in [-0.05, 0) is 36.6 Å². The Kier molecular flexibility index (Phi) is 2.05. The highest BCUT2D eigenvalue weighted by Gasteiger charge is 2.10. The molecule has 0 saturated carbocycles. The molecular formula is C11H13NO. The van der Waals surface area contributed by atoms with Crippen LogP contribution in [0.3, 0.4) is 0 Å². The van der Waals surface area contributed by atoms with E-state index in [9.17, 15) is 0 Å². The largest absolute Gasteiger partial charge is 0.497 e. The first-order chi connectivity index (χ1) is 6.29. The van der Waals surface area contributed by atoms with E-state index in [0.717, 1.165) is 12.2 Å². The maximum atomic E-state index is 5.15. The van der Waals surface area contributed by atoms with Crippen molar-refractivity contribution in [1.29, 1.82) is 0 Å². The molecule has 0 bridgehead atoms. The minimum absolute atomic E-state index is 0.417. The van der Waals surface area contributed by atoms with Crippen LogP contribution in [0.4, 0.5) is 0 Å². The lowest BCUT2D eigenvalue weighted by Gasteiger charge is -2.15. The van der Waals surface area contributed by atoms with E-state index in [1.165, 1.54) is 11.1 Å². The van der Waals surface area contributed by atoms with E-state index < -0.39 is 0 Å². The molecule has 1 aromatic carbocycles. The van der Waals surface area contributed by atoms with E-state index >= 15 is 0 Å². The average molecular weight is 175 g/mol. The summed E-state index contributed by atoms with van der Waals surface area (Å²) in [6, 6.07) is 6.58. The molecule has 0 fully saturated rings. The zero-order valence-electron chi connectivity index (χ0n) is 7.95. The van der Waals surface area contributed by atoms with E-state index in [1.807, 2.05) is 18.3 Å². The average Bonchev–Trinajstić information content (AvgIpc) is 2.17. The van der Waals surface area contributed by atoms with Gasteiger partial charge >= 0.3 is 0 Å². The molecule has 0 amide bonds. The van der Waals surface area contributed by atoms with Crippen LogP contribution in [0.2, 0.25) is 0 Å². The van der Waals surface area contributed by atoms with Crippen LogP contribution in [-0.4, -0.2) is 19.4 Å². The van der Waals surface area contributed by atoms with E-state index in [-0.39, 0.29) is 0 Å². The molecule has 0 aromatic heterocycles. The molecule has 1 aromatic rings. The van der Waals surface area contributed by atoms with Crippen LogP contribution in [-0.2, 0) is 6.42 Å². The minimum Gasteiger partial charge on any atom is -0.497 e. The molecule has 0 unspecified atom stereocenters. The van der Waals surface area contributed by atoms with Gasteiger partial charge in [0.25, 0.3) is 0 Å². The summed E-state index contributed by atoms with van der Waals surface area (Å²) in [5, 5.41) is 0. The van der Waals surface area contributed by atoms with Crippen molar-refractivity contribution in [1.82, 2.24) is 0 Å². The van der Waals surface area contributed by atoms with Crippen LogP contribution in [0, 0.1) is 0 Å². The van der Waals surface area contributed by atoms with Crippen molar-refractivity contribution in [2.75, 3.05) is 7.11 Å². The van der Waals surface area contributed by atoms with E-state index in [1.54, 1.807) is 7.11 Å². The normalized spacial score (nSPS) is 19.7. The van der Waals surface area contributed by atoms with E-state index in [0.29, 0.717) is 6.04 Å². The Morgan fingerprint density at radius 1 is 1.46 bits per heavy atom. The van der Waals surface area contributed by atoms with E-state index in [4.69, 9.17) is 4.74 Å². The first-order valence-electron chi connectivity index (χ1n) is 4.49. The number of rotatable bonds is 1. The van der Waals surface area contributed by atoms with Gasteiger partial charge in [-0.3, -0.25) is 4.99 Å². The van der Waals surface area contributed by atoms with Gasteiger partial charge in [-0.2, -0.15) is 0 Å². The smallest absolute Gasteiger partial charge is 0.119 e. The van der Waals surface area contributed by atoms with Crippen LogP contribution in [0.25, 0.3) is 0 Å². The summed E-state index contributed by atoms with van der Waals surface area (Å²) in [4.78, 5) is 4.37. The van der Waals surface area contributed by atoms with Crippen molar-refractivity contribution < 1.29 is 4.74 Å². The van der Waals surface area contributed by atoms with Gasteiger partial charge in [0.15, 0.2) is 0 Å². The van der Waals surface area contributed by atoms with Gasteiger partial charge in [0.1, 0.15) is 5.75 Å². The van der Waals surface area contributed by atoms with Gasteiger partial charge in [-0.1, -0.05) is 6.07 Å². The molecule has 0 spiro atoms. The van der Waals surface area contributed by atoms with Crippen LogP contribution in [0.1, 0.15) is 18.1 Å². The maximum Gasteiger partial charge on any atom is 0.119 e. The van der Waals surface area contributed by atoms with Crippen LogP contribution >= 0.6 is 0 Å². The summed E-state index contributed by atoms with van der Waals surface area (Å²) in [7, 11) is 1.68. The standard InChI is InChI=1S/C11H13NO/c1-8-5-9-3-4-11(13-2)6-10(9)7-12-8/h3-4,6-8H,5H2,1-2H3/t8-/m0/s1. The number of benzene rings is 1. The molecule has 0 N–H and O–H groups in total. The minimum atomic E-state index is 0.417. The van der Waals surface area contributed by atoms with Crippen molar-refractivity contribution in [2.45, 2.75) is 19.4 Å². The zero-order valence-corrected chi connectivity index (χ0v) is 7.95. The molecule has 0 aliphatic carbocycles. The fraction of sp³-hybridized carbons (Fsp3) is 0.364. The summed E-state index contributed by atoms with van der Waals surface area (Å²) < 4.78 is 5.15. The van der Waals surface area contributed by atoms with Gasteiger partial charge in [0, 0.05) is 6.21 Å². The first-order valence-corrected chi connectivity index (χ1v) is 4.49. The van der Waals surface area contributed by atoms with Crippen molar-refractivity contribution >= 4 is 6.21 Å². The lowest BCUT2D eigenvalue weighted by atomic mass is 9.99. The molecule has 0 radical (unpaired) electrons. The number of hydrogen-bond acceptors (Lipinski definition) is 2. The number of nitrogens with zero attached hydrogens (tertiary/aromatic N) is 1. The highest BCUT2D eigenvalue weighted by Crippen LogP contribution is 2.21. The number of aliphatic imine (C=N–C) groups is 1. The van der Waals surface area contributed by atoms with Gasteiger partial charge in [-0.15, -0.1) is 0 Å². The van der Waals surface area contributed by atoms with Gasteiger partial charge in [-0.25, -0.2) is 0 Å². The molecule has 2 heteroatoms. The summed E-state index contributed by atoms with van der Waals surface area (Å²) in [6.45, 7) is 2.13. The lowest BCUT2D eigenvalue weighted by Crippen LogP contribution is -2.11. The number of ether oxygens (including phenoxy) is 1. The van der Waals surface area contributed by atoms with Gasteiger partial charge in [0.05, 0.1) is 13.2 Å². The molecule has 2 rings (SSSR count). The molecule has 1 aliphatic rings. The Morgan fingerprint density at radius 3 is 3.08 bits per heavy atom. The summed E-state index contributed by atoms with van der Waals surface area (Å²) in [5.41, 5.74) is 2.56. The summed E-state index contributed by atoms with van der Waals surface area (Å²) >= 11 is 0. The van der Waals surface area contributed by atoms with Crippen molar-refractivity contribution in [2.24, 2.45) is 4.99 Å². The Morgan fingerprint density at radius 2 is 2.31 bits per heavy atom. The quantitative estimate of drug-likeness (QED) is 0.640. The molecule has 1 atom stereocenters. The first kappa shape index (κ1) is 8.30. The summed E-state index contributed by atoms with van der Waals surface area (Å²) in [6.07, 6.45) is 2.97. The molecule has 68 valence electrons. The molecule has 2 nitrogen and oxygen atoms in total. The molecule has 1 heterocycles. The zero-order chi connectivity index (χ0) is 9.26. The van der Waals surface area contributed by atoms with Gasteiger partial charge < -0.3 is 4.74 Å². The predicted octanol–water partition coefficient (Wildman–Crippen LogP) is 2.06. The second-order valence-electron chi connectivity index (χ2n) is 3.40. The van der Waals surface area contributed by atoms with Crippen molar-refractivity contribution in [3.05, 3.63) is 29.3 Å². The Labute approximate surface area is 78.3 Å². The Bertz CT molecular complexity index is 344. The molecule has 1 aliphatic heterocycles. The Balaban J connectivity index is 2.40. The molecular weight excluding hydrogens is 162 g/mol. The lowest BCUT2D eigenvalue weighted by molar-refractivity contribution is 0.414. The Hall–Kier alpha value is -1.31. The molecule has 13 heavy (non-hydrogen) atoms. The third-order valence-corrected chi connectivity index (χ3v) is 2.34. The number of fused-ring (bicyclic) bond motifs is 1. The van der Waals surface area contributed by atoms with E-state index in [2.05, 4.69) is 18.0 Å². The SMILES string of the molecule is COc1ccc2c(c1)C=N[C@@H](C)C2. The van der Waals surface area contributed by atoms with Gasteiger partial charge in [0.2, 0.25) is 0 Å². The number of methoxy groups -OCH3 is 1. The number of hydrogen-bond donors (Lipinski definition) is 0. The third-order valence-electron chi connectivity index (χ3n) is 2.34. The highest BCUT2D eigenvalue weighted by molar-refractivity contribution is 5.83. The van der Waals surface area contributed by atoms with Crippen LogP contribution in [0.5, 0.6) is 5.75 Å². The summed E-state index contributed by atoms with van der Waals surface area (Å²) in [5.74, 6) is 0.903. The van der Waals surface area contributed by atoms with Crippen LogP contribution < -0.4 is 4.74 Å². The fourth-order valence-electron chi connectivity index (χ4n) is 1.58.